The third kappa shape index (κ3) is 2.60. The number of fused-ring (bicyclic) bond motifs is 2. The minimum absolute atomic E-state index is 0.0293. The third-order valence-electron chi connectivity index (χ3n) is 3.93. The molecule has 128 valence electrons. The van der Waals surface area contributed by atoms with Crippen LogP contribution < -0.4 is 5.73 Å². The van der Waals surface area contributed by atoms with Gasteiger partial charge in [0, 0.05) is 34.0 Å². The molecule has 8 nitrogen and oxygen atoms in total. The van der Waals surface area contributed by atoms with Crippen LogP contribution in [0.25, 0.3) is 21.7 Å². The number of nitrogen functional groups attached to an aromatic ring is 1. The molecule has 0 aliphatic heterocycles. The number of phenolic OH excluding ortho intramolecular Hbond substituents is 1. The Morgan fingerprint density at radius 3 is 2.62 bits per heavy atom. The molecule has 3 N–H and O–H groups in total. The zero-order chi connectivity index (χ0) is 18.3. The molecule has 0 aliphatic carbocycles. The number of nitro groups is 1. The third-order valence-corrected chi connectivity index (χ3v) is 4.69. The van der Waals surface area contributed by atoms with E-state index in [1.165, 1.54) is 18.2 Å². The molecule has 0 radical (unpaired) electrons. The SMILES string of the molecule is Nc1cc(N=Nc2snc3ccc([N+](=O)[O-])cc23)c(O)c2ccccc12. The highest BCUT2D eigenvalue weighted by Gasteiger charge is 2.13. The number of aromatic hydroxyl groups is 1. The lowest BCUT2D eigenvalue weighted by molar-refractivity contribution is -0.384. The highest BCUT2D eigenvalue weighted by atomic mass is 32.1. The number of nitrogens with two attached hydrogens (primary N) is 1. The van der Waals surface area contributed by atoms with Crippen LogP contribution in [0.3, 0.4) is 0 Å². The van der Waals surface area contributed by atoms with Crippen LogP contribution in [0.1, 0.15) is 0 Å². The van der Waals surface area contributed by atoms with Crippen molar-refractivity contribution in [2.75, 3.05) is 5.73 Å². The minimum atomic E-state index is -0.478. The number of hydrogen-bond acceptors (Lipinski definition) is 8. The summed E-state index contributed by atoms with van der Waals surface area (Å²) in [6.07, 6.45) is 0. The van der Waals surface area contributed by atoms with Gasteiger partial charge in [-0.1, -0.05) is 24.3 Å². The van der Waals surface area contributed by atoms with Crippen molar-refractivity contribution >= 4 is 55.3 Å². The number of azo groups is 1. The molecule has 0 bridgehead atoms. The Morgan fingerprint density at radius 1 is 1.08 bits per heavy atom. The van der Waals surface area contributed by atoms with Crippen LogP contribution in [0.5, 0.6) is 5.75 Å². The van der Waals surface area contributed by atoms with Crippen LogP contribution >= 0.6 is 11.5 Å². The lowest BCUT2D eigenvalue weighted by atomic mass is 10.1. The summed E-state index contributed by atoms with van der Waals surface area (Å²) in [7, 11) is 0. The molecular formula is C17H11N5O3S. The van der Waals surface area contributed by atoms with E-state index in [1.807, 2.05) is 6.07 Å². The van der Waals surface area contributed by atoms with E-state index in [0.29, 0.717) is 27.0 Å². The zero-order valence-electron chi connectivity index (χ0n) is 13.2. The van der Waals surface area contributed by atoms with Crippen molar-refractivity contribution in [3.8, 4) is 5.75 Å². The van der Waals surface area contributed by atoms with E-state index < -0.39 is 4.92 Å². The number of anilines is 1. The Morgan fingerprint density at radius 2 is 1.85 bits per heavy atom. The maximum absolute atomic E-state index is 11.0. The highest BCUT2D eigenvalue weighted by molar-refractivity contribution is 7.11. The second-order valence-corrected chi connectivity index (χ2v) is 6.28. The molecule has 0 unspecified atom stereocenters. The number of rotatable bonds is 3. The van der Waals surface area contributed by atoms with Gasteiger partial charge in [0.1, 0.15) is 5.69 Å². The number of nitro benzene ring substituents is 1. The molecule has 0 saturated heterocycles. The number of hydrogen-bond donors (Lipinski definition) is 2. The fraction of sp³-hybridized carbons (Fsp3) is 0. The molecule has 9 heteroatoms. The van der Waals surface area contributed by atoms with Crippen LogP contribution in [0.15, 0.2) is 58.8 Å². The van der Waals surface area contributed by atoms with Gasteiger partial charge < -0.3 is 10.8 Å². The monoisotopic (exact) mass is 365 g/mol. The van der Waals surface area contributed by atoms with Crippen molar-refractivity contribution in [3.63, 3.8) is 0 Å². The summed E-state index contributed by atoms with van der Waals surface area (Å²) in [5, 5.41) is 31.8. The largest absolute Gasteiger partial charge is 0.505 e. The van der Waals surface area contributed by atoms with Crippen LogP contribution in [0.4, 0.5) is 22.1 Å². The van der Waals surface area contributed by atoms with Crippen LogP contribution in [-0.2, 0) is 0 Å². The van der Waals surface area contributed by atoms with Gasteiger partial charge in [-0.05, 0) is 23.7 Å². The summed E-state index contributed by atoms with van der Waals surface area (Å²) in [5.74, 6) is -0.0293. The summed E-state index contributed by atoms with van der Waals surface area (Å²) in [5.41, 5.74) is 7.25. The number of benzene rings is 3. The zero-order valence-corrected chi connectivity index (χ0v) is 14.0. The summed E-state index contributed by atoms with van der Waals surface area (Å²) < 4.78 is 4.20. The molecular weight excluding hydrogens is 354 g/mol. The molecule has 0 amide bonds. The molecule has 0 fully saturated rings. The van der Waals surface area contributed by atoms with E-state index in [9.17, 15) is 15.2 Å². The predicted molar refractivity (Wildman–Crippen MR) is 100 cm³/mol. The Kier molecular flexibility index (Phi) is 3.70. The summed E-state index contributed by atoms with van der Waals surface area (Å²) in [6, 6.07) is 13.1. The summed E-state index contributed by atoms with van der Waals surface area (Å²) >= 11 is 1.07. The van der Waals surface area contributed by atoms with Gasteiger partial charge in [0.05, 0.1) is 10.4 Å². The van der Waals surface area contributed by atoms with E-state index in [1.54, 1.807) is 24.3 Å². The standard InChI is InChI=1S/C17H11N5O3S/c18-13-8-15(16(23)11-4-2-1-3-10(11)13)19-20-17-12-7-9(22(24)25)5-6-14(12)21-26-17/h1-8,23H,18H2. The van der Waals surface area contributed by atoms with Gasteiger partial charge >= 0.3 is 0 Å². The van der Waals surface area contributed by atoms with Crippen molar-refractivity contribution in [2.45, 2.75) is 0 Å². The lowest BCUT2D eigenvalue weighted by Gasteiger charge is -2.06. The number of nitrogens with zero attached hydrogens (tertiary/aromatic N) is 4. The van der Waals surface area contributed by atoms with E-state index in [0.717, 1.165) is 16.9 Å². The fourth-order valence-electron chi connectivity index (χ4n) is 2.65. The van der Waals surface area contributed by atoms with E-state index >= 15 is 0 Å². The molecule has 0 saturated carbocycles. The van der Waals surface area contributed by atoms with Gasteiger partial charge in [-0.25, -0.2) is 0 Å². The maximum Gasteiger partial charge on any atom is 0.270 e. The maximum atomic E-state index is 11.0. The quantitative estimate of drug-likeness (QED) is 0.172. The molecule has 3 aromatic carbocycles. The second-order valence-electron chi connectivity index (χ2n) is 5.53. The van der Waals surface area contributed by atoms with Gasteiger partial charge in [0.15, 0.2) is 10.8 Å². The molecule has 1 aromatic heterocycles. The minimum Gasteiger partial charge on any atom is -0.505 e. The van der Waals surface area contributed by atoms with Crippen molar-refractivity contribution in [1.82, 2.24) is 4.37 Å². The lowest BCUT2D eigenvalue weighted by Crippen LogP contribution is -1.87. The molecule has 1 heterocycles. The van der Waals surface area contributed by atoms with Gasteiger partial charge in [0.25, 0.3) is 5.69 Å². The Hall–Kier alpha value is -3.59. The van der Waals surface area contributed by atoms with Crippen molar-refractivity contribution in [1.29, 1.82) is 0 Å². The number of non-ortho nitro benzene ring substituents is 1. The van der Waals surface area contributed by atoms with E-state index in [-0.39, 0.29) is 17.1 Å². The van der Waals surface area contributed by atoms with E-state index in [4.69, 9.17) is 5.73 Å². The van der Waals surface area contributed by atoms with Gasteiger partial charge in [-0.2, -0.15) is 4.37 Å². The molecule has 0 atom stereocenters. The van der Waals surface area contributed by atoms with E-state index in [2.05, 4.69) is 14.6 Å². The first-order valence-corrected chi connectivity index (χ1v) is 8.27. The Bertz CT molecular complexity index is 1200. The van der Waals surface area contributed by atoms with Gasteiger partial charge in [-0.15, -0.1) is 10.2 Å². The van der Waals surface area contributed by atoms with Crippen LogP contribution in [0, 0.1) is 10.1 Å². The average Bonchev–Trinajstić information content (AvgIpc) is 3.06. The predicted octanol–water partition coefficient (Wildman–Crippen LogP) is 5.06. The first-order chi connectivity index (χ1) is 12.5. The smallest absolute Gasteiger partial charge is 0.270 e. The normalized spacial score (nSPS) is 11.5. The average molecular weight is 365 g/mol. The van der Waals surface area contributed by atoms with Crippen molar-refractivity contribution in [2.24, 2.45) is 10.2 Å². The first-order valence-electron chi connectivity index (χ1n) is 7.50. The Labute approximate surface area is 150 Å². The molecule has 0 aliphatic rings. The van der Waals surface area contributed by atoms with Gasteiger partial charge in [-0.3, -0.25) is 10.1 Å². The van der Waals surface area contributed by atoms with Crippen LogP contribution in [0.2, 0.25) is 0 Å². The molecule has 4 aromatic rings. The summed E-state index contributed by atoms with van der Waals surface area (Å²) in [4.78, 5) is 10.5. The molecule has 26 heavy (non-hydrogen) atoms. The molecule has 4 rings (SSSR count). The second kappa shape index (κ2) is 6.05. The summed E-state index contributed by atoms with van der Waals surface area (Å²) in [6.45, 7) is 0. The first kappa shape index (κ1) is 15.9. The molecule has 0 spiro atoms. The van der Waals surface area contributed by atoms with Gasteiger partial charge in [0.2, 0.25) is 0 Å². The fourth-order valence-corrected chi connectivity index (χ4v) is 3.33. The number of aromatic nitrogens is 1. The van der Waals surface area contributed by atoms with Crippen LogP contribution in [-0.4, -0.2) is 14.4 Å². The van der Waals surface area contributed by atoms with Crippen molar-refractivity contribution in [3.05, 3.63) is 58.6 Å². The Balaban J connectivity index is 1.80. The number of phenols is 1. The highest BCUT2D eigenvalue weighted by Crippen LogP contribution is 2.40. The van der Waals surface area contributed by atoms with Crippen molar-refractivity contribution < 1.29 is 10.0 Å². The topological polar surface area (TPSA) is 127 Å².